The number of nitrogens with one attached hydrogen (secondary N) is 1. The van der Waals surface area contributed by atoms with Crippen LogP contribution in [0, 0.1) is 5.92 Å². The first-order chi connectivity index (χ1) is 10.9. The Morgan fingerprint density at radius 1 is 1.18 bits per heavy atom. The Labute approximate surface area is 130 Å². The number of aromatic amines is 1. The van der Waals surface area contributed by atoms with Crippen molar-refractivity contribution in [3.63, 3.8) is 0 Å². The normalized spacial score (nSPS) is 19.0. The van der Waals surface area contributed by atoms with Gasteiger partial charge in [0.1, 0.15) is 5.65 Å². The molecule has 1 aliphatic heterocycles. The number of H-pyrrole nitrogens is 1. The highest BCUT2D eigenvalue weighted by atomic mass is 15.1. The maximum atomic E-state index is 4.49. The lowest BCUT2D eigenvalue weighted by Gasteiger charge is -2.16. The van der Waals surface area contributed by atoms with Crippen molar-refractivity contribution in [3.05, 3.63) is 60.2 Å². The zero-order valence-electron chi connectivity index (χ0n) is 12.6. The molecule has 22 heavy (non-hydrogen) atoms. The summed E-state index contributed by atoms with van der Waals surface area (Å²) < 4.78 is 0. The van der Waals surface area contributed by atoms with E-state index in [-0.39, 0.29) is 0 Å². The minimum atomic E-state index is 0.736. The van der Waals surface area contributed by atoms with Crippen LogP contribution in [0.2, 0.25) is 0 Å². The first-order valence-electron chi connectivity index (χ1n) is 7.90. The van der Waals surface area contributed by atoms with E-state index in [1.165, 1.54) is 36.0 Å². The molecular weight excluding hydrogens is 272 g/mol. The minimum absolute atomic E-state index is 0.736. The quantitative estimate of drug-likeness (QED) is 0.804. The molecule has 0 spiro atoms. The van der Waals surface area contributed by atoms with Crippen LogP contribution in [0.4, 0.5) is 0 Å². The van der Waals surface area contributed by atoms with Gasteiger partial charge in [-0.2, -0.15) is 0 Å². The fraction of sp³-hybridized carbons (Fsp3) is 0.333. The van der Waals surface area contributed by atoms with Crippen LogP contribution in [0.1, 0.15) is 17.5 Å². The van der Waals surface area contributed by atoms with Gasteiger partial charge in [0.25, 0.3) is 0 Å². The van der Waals surface area contributed by atoms with Gasteiger partial charge in [-0.1, -0.05) is 0 Å². The van der Waals surface area contributed by atoms with Crippen molar-refractivity contribution in [3.8, 4) is 0 Å². The van der Waals surface area contributed by atoms with E-state index >= 15 is 0 Å². The number of nitrogens with zero attached hydrogens (tertiary/aromatic N) is 3. The van der Waals surface area contributed by atoms with Crippen molar-refractivity contribution >= 4 is 11.0 Å². The van der Waals surface area contributed by atoms with Crippen molar-refractivity contribution < 1.29 is 0 Å². The molecule has 4 nitrogen and oxygen atoms in total. The second-order valence-corrected chi connectivity index (χ2v) is 6.21. The van der Waals surface area contributed by atoms with Crippen LogP contribution < -0.4 is 0 Å². The van der Waals surface area contributed by atoms with E-state index in [0.717, 1.165) is 24.5 Å². The van der Waals surface area contributed by atoms with Gasteiger partial charge in [0, 0.05) is 43.3 Å². The summed E-state index contributed by atoms with van der Waals surface area (Å²) in [4.78, 5) is 14.3. The standard InChI is InChI=1S/C18H20N4/c1-5-19-6-2-14(1)12-22-8-4-15(13-22)9-16-10-17-3-7-20-18(17)21-11-16/h1-3,5-7,10-11,15H,4,8-9,12-13H2,(H,20,21)/t15-/m1/s1. The minimum Gasteiger partial charge on any atom is -0.346 e. The average molecular weight is 292 g/mol. The molecule has 0 aliphatic carbocycles. The van der Waals surface area contributed by atoms with Gasteiger partial charge in [0.2, 0.25) is 0 Å². The van der Waals surface area contributed by atoms with Gasteiger partial charge in [-0.25, -0.2) is 4.98 Å². The SMILES string of the molecule is c1cc(CN2CC[C@H](Cc3cnc4[nH]ccc4c3)C2)ccn1. The van der Waals surface area contributed by atoms with Gasteiger partial charge in [-0.05, 0) is 60.7 Å². The molecule has 1 aliphatic rings. The molecule has 3 aromatic heterocycles. The van der Waals surface area contributed by atoms with E-state index < -0.39 is 0 Å². The third-order valence-electron chi connectivity index (χ3n) is 4.51. The number of pyridine rings is 2. The molecule has 0 aromatic carbocycles. The number of hydrogen-bond acceptors (Lipinski definition) is 3. The topological polar surface area (TPSA) is 44.8 Å². The lowest BCUT2D eigenvalue weighted by atomic mass is 9.99. The first-order valence-corrected chi connectivity index (χ1v) is 7.90. The van der Waals surface area contributed by atoms with Crippen LogP contribution in [0.5, 0.6) is 0 Å². The predicted molar refractivity (Wildman–Crippen MR) is 87.4 cm³/mol. The summed E-state index contributed by atoms with van der Waals surface area (Å²) in [5.41, 5.74) is 3.68. The number of aromatic nitrogens is 3. The van der Waals surface area contributed by atoms with Crippen molar-refractivity contribution in [2.45, 2.75) is 19.4 Å². The fourth-order valence-corrected chi connectivity index (χ4v) is 3.40. The number of hydrogen-bond donors (Lipinski definition) is 1. The Kier molecular flexibility index (Phi) is 3.60. The Morgan fingerprint density at radius 2 is 2.09 bits per heavy atom. The number of fused-ring (bicyclic) bond motifs is 1. The molecule has 4 heteroatoms. The first kappa shape index (κ1) is 13.5. The van der Waals surface area contributed by atoms with Gasteiger partial charge in [-0.3, -0.25) is 9.88 Å². The molecule has 0 radical (unpaired) electrons. The van der Waals surface area contributed by atoms with Crippen LogP contribution in [0.15, 0.2) is 49.1 Å². The lowest BCUT2D eigenvalue weighted by molar-refractivity contribution is 0.316. The van der Waals surface area contributed by atoms with Gasteiger partial charge in [0.05, 0.1) is 0 Å². The monoisotopic (exact) mass is 292 g/mol. The highest BCUT2D eigenvalue weighted by Gasteiger charge is 2.22. The van der Waals surface area contributed by atoms with Gasteiger partial charge in [-0.15, -0.1) is 0 Å². The second kappa shape index (κ2) is 5.89. The van der Waals surface area contributed by atoms with Crippen LogP contribution in [-0.4, -0.2) is 32.9 Å². The zero-order chi connectivity index (χ0) is 14.8. The summed E-state index contributed by atoms with van der Waals surface area (Å²) in [5.74, 6) is 0.736. The molecule has 112 valence electrons. The highest BCUT2D eigenvalue weighted by Crippen LogP contribution is 2.23. The van der Waals surface area contributed by atoms with Crippen molar-refractivity contribution in [2.24, 2.45) is 5.92 Å². The van der Waals surface area contributed by atoms with E-state index in [9.17, 15) is 0 Å². The van der Waals surface area contributed by atoms with Crippen LogP contribution in [0.25, 0.3) is 11.0 Å². The predicted octanol–water partition coefficient (Wildman–Crippen LogP) is 3.02. The molecular formula is C18H20N4. The highest BCUT2D eigenvalue weighted by molar-refractivity contribution is 5.75. The lowest BCUT2D eigenvalue weighted by Crippen LogP contribution is -2.20. The summed E-state index contributed by atoms with van der Waals surface area (Å²) in [7, 11) is 0. The average Bonchev–Trinajstić information content (AvgIpc) is 3.17. The molecule has 0 unspecified atom stereocenters. The molecule has 0 saturated carbocycles. The van der Waals surface area contributed by atoms with E-state index in [1.54, 1.807) is 0 Å². The van der Waals surface area contributed by atoms with Crippen LogP contribution in [0.3, 0.4) is 0 Å². The van der Waals surface area contributed by atoms with E-state index in [1.807, 2.05) is 24.8 Å². The molecule has 4 rings (SSSR count). The molecule has 4 heterocycles. The Morgan fingerprint density at radius 3 is 3.00 bits per heavy atom. The second-order valence-electron chi connectivity index (χ2n) is 6.21. The van der Waals surface area contributed by atoms with Crippen molar-refractivity contribution in [1.82, 2.24) is 19.9 Å². The molecule has 0 bridgehead atoms. The van der Waals surface area contributed by atoms with Gasteiger partial charge < -0.3 is 4.98 Å². The molecule has 3 aromatic rings. The zero-order valence-corrected chi connectivity index (χ0v) is 12.6. The number of likely N-dealkylation sites (tertiary alicyclic amines) is 1. The van der Waals surface area contributed by atoms with E-state index in [0.29, 0.717) is 0 Å². The third kappa shape index (κ3) is 2.88. The largest absolute Gasteiger partial charge is 0.346 e. The summed E-state index contributed by atoms with van der Waals surface area (Å²) in [6.07, 6.45) is 10.1. The molecule has 0 amide bonds. The fourth-order valence-electron chi connectivity index (χ4n) is 3.40. The smallest absolute Gasteiger partial charge is 0.137 e. The van der Waals surface area contributed by atoms with Gasteiger partial charge in [0.15, 0.2) is 0 Å². The summed E-state index contributed by atoms with van der Waals surface area (Å²) in [5, 5.41) is 1.21. The molecule has 1 atom stereocenters. The Balaban J connectivity index is 1.38. The van der Waals surface area contributed by atoms with Crippen molar-refractivity contribution in [2.75, 3.05) is 13.1 Å². The van der Waals surface area contributed by atoms with E-state index in [4.69, 9.17) is 0 Å². The summed E-state index contributed by atoms with van der Waals surface area (Å²) in [6.45, 7) is 3.40. The van der Waals surface area contributed by atoms with E-state index in [2.05, 4.69) is 44.1 Å². The Hall–Kier alpha value is -2.20. The Bertz CT molecular complexity index is 750. The summed E-state index contributed by atoms with van der Waals surface area (Å²) >= 11 is 0. The maximum Gasteiger partial charge on any atom is 0.137 e. The molecule has 1 fully saturated rings. The maximum absolute atomic E-state index is 4.49. The van der Waals surface area contributed by atoms with Crippen molar-refractivity contribution in [1.29, 1.82) is 0 Å². The van der Waals surface area contributed by atoms with Crippen LogP contribution in [-0.2, 0) is 13.0 Å². The summed E-state index contributed by atoms with van der Waals surface area (Å²) in [6, 6.07) is 8.58. The number of rotatable bonds is 4. The van der Waals surface area contributed by atoms with Gasteiger partial charge >= 0.3 is 0 Å². The molecule has 1 saturated heterocycles. The third-order valence-corrected chi connectivity index (χ3v) is 4.51. The molecule has 1 N–H and O–H groups in total. The van der Waals surface area contributed by atoms with Crippen LogP contribution >= 0.6 is 0 Å².